The van der Waals surface area contributed by atoms with Gasteiger partial charge in [-0.05, 0) is 50.1 Å². The Bertz CT molecular complexity index is 1530. The smallest absolute Gasteiger partial charge is 0.339 e. The summed E-state index contributed by atoms with van der Waals surface area (Å²) in [5, 5.41) is 19.6. The van der Waals surface area contributed by atoms with Gasteiger partial charge in [0.1, 0.15) is 17.0 Å². The second kappa shape index (κ2) is 11.2. The summed E-state index contributed by atoms with van der Waals surface area (Å²) in [6.45, 7) is 5.36. The summed E-state index contributed by atoms with van der Waals surface area (Å²) >= 11 is 0. The number of amides is 1. The third-order valence-corrected chi connectivity index (χ3v) is 6.87. The van der Waals surface area contributed by atoms with Crippen LogP contribution in [0.25, 0.3) is 0 Å². The zero-order valence-corrected chi connectivity index (χ0v) is 22.5. The molecule has 0 saturated carbocycles. The first-order chi connectivity index (χ1) is 19.2. The van der Waals surface area contributed by atoms with Crippen LogP contribution < -0.4 is 16.0 Å². The van der Waals surface area contributed by atoms with Gasteiger partial charge in [-0.2, -0.15) is 4.98 Å². The molecule has 5 rings (SSSR count). The first-order valence-corrected chi connectivity index (χ1v) is 13.1. The molecule has 0 bridgehead atoms. The van der Waals surface area contributed by atoms with Crippen molar-refractivity contribution < 1.29 is 19.4 Å². The van der Waals surface area contributed by atoms with Crippen molar-refractivity contribution in [2.75, 3.05) is 17.2 Å². The molecule has 9 heteroatoms. The number of fused-ring (bicyclic) bond motifs is 1. The molecule has 1 aliphatic rings. The van der Waals surface area contributed by atoms with Crippen molar-refractivity contribution in [3.05, 3.63) is 113 Å². The molecule has 1 amide bonds. The Kier molecular flexibility index (Phi) is 7.48. The van der Waals surface area contributed by atoms with Crippen molar-refractivity contribution in [1.82, 2.24) is 15.3 Å². The minimum atomic E-state index is -0.751. The maximum Gasteiger partial charge on any atom is 0.339 e. The fourth-order valence-corrected chi connectivity index (χ4v) is 4.67. The van der Waals surface area contributed by atoms with Crippen LogP contribution in [0.3, 0.4) is 0 Å². The minimum absolute atomic E-state index is 0.216. The molecular formula is C31H31N5O4. The molecule has 0 radical (unpaired) electrons. The number of aliphatic hydroxyl groups excluding tert-OH is 1. The molecule has 2 atom stereocenters. The van der Waals surface area contributed by atoms with E-state index in [4.69, 9.17) is 4.74 Å². The van der Waals surface area contributed by atoms with Gasteiger partial charge in [-0.3, -0.25) is 4.79 Å². The summed E-state index contributed by atoms with van der Waals surface area (Å²) in [7, 11) is 0. The van der Waals surface area contributed by atoms with Gasteiger partial charge in [-0.25, -0.2) is 9.78 Å². The molecule has 4 aromatic rings. The second-order valence-electron chi connectivity index (χ2n) is 10.1. The highest BCUT2D eigenvalue weighted by molar-refractivity contribution is 5.99. The van der Waals surface area contributed by atoms with Crippen LogP contribution in [0.2, 0.25) is 0 Å². The fraction of sp³-hybridized carbons (Fsp3) is 0.226. The number of esters is 1. The molecule has 204 valence electrons. The van der Waals surface area contributed by atoms with E-state index in [2.05, 4.69) is 25.9 Å². The number of rotatable bonds is 9. The third-order valence-electron chi connectivity index (χ3n) is 6.87. The average Bonchev–Trinajstić information content (AvgIpc) is 3.19. The lowest BCUT2D eigenvalue weighted by Crippen LogP contribution is -2.28. The van der Waals surface area contributed by atoms with Crippen LogP contribution in [-0.4, -0.2) is 33.6 Å². The molecular weight excluding hydrogens is 506 g/mol. The highest BCUT2D eigenvalue weighted by Gasteiger charge is 2.37. The number of cyclic esters (lactones) is 1. The van der Waals surface area contributed by atoms with Gasteiger partial charge in [0.05, 0.1) is 24.3 Å². The van der Waals surface area contributed by atoms with Crippen molar-refractivity contribution in [2.45, 2.75) is 38.5 Å². The number of hydrogen-bond donors (Lipinski definition) is 4. The lowest BCUT2D eigenvalue weighted by atomic mass is 9.95. The zero-order valence-electron chi connectivity index (χ0n) is 22.5. The molecule has 0 saturated heterocycles. The quantitative estimate of drug-likeness (QED) is 0.213. The molecule has 1 aliphatic heterocycles. The van der Waals surface area contributed by atoms with E-state index in [1.807, 2.05) is 87.5 Å². The molecule has 2 heterocycles. The van der Waals surface area contributed by atoms with Crippen molar-refractivity contribution in [3.8, 4) is 0 Å². The number of benzene rings is 3. The summed E-state index contributed by atoms with van der Waals surface area (Å²) in [6, 6.07) is 23.6. The highest BCUT2D eigenvalue weighted by Crippen LogP contribution is 2.37. The van der Waals surface area contributed by atoms with Crippen LogP contribution in [-0.2, 0) is 10.3 Å². The fourth-order valence-electron chi connectivity index (χ4n) is 4.67. The lowest BCUT2D eigenvalue weighted by molar-refractivity contribution is 0.00953. The van der Waals surface area contributed by atoms with E-state index in [0.29, 0.717) is 11.3 Å². The van der Waals surface area contributed by atoms with Gasteiger partial charge < -0.3 is 25.8 Å². The lowest BCUT2D eigenvalue weighted by Gasteiger charge is -2.21. The second-order valence-corrected chi connectivity index (χ2v) is 10.1. The van der Waals surface area contributed by atoms with Crippen molar-refractivity contribution in [3.63, 3.8) is 0 Å². The summed E-state index contributed by atoms with van der Waals surface area (Å²) in [6.07, 6.45) is 1.45. The van der Waals surface area contributed by atoms with Gasteiger partial charge in [0.15, 0.2) is 0 Å². The van der Waals surface area contributed by atoms with Crippen LogP contribution in [0.4, 0.5) is 17.5 Å². The molecule has 0 fully saturated rings. The number of nitrogens with one attached hydrogen (secondary N) is 3. The summed E-state index contributed by atoms with van der Waals surface area (Å²) in [4.78, 5) is 34.6. The molecule has 4 N–H and O–H groups in total. The number of aliphatic hydroxyl groups is 1. The Morgan fingerprint density at radius 1 is 1.00 bits per heavy atom. The zero-order chi connectivity index (χ0) is 28.3. The van der Waals surface area contributed by atoms with Gasteiger partial charge in [0.2, 0.25) is 5.95 Å². The van der Waals surface area contributed by atoms with E-state index < -0.39 is 11.6 Å². The first-order valence-electron chi connectivity index (χ1n) is 13.1. The van der Waals surface area contributed by atoms with Crippen molar-refractivity contribution in [2.24, 2.45) is 0 Å². The normalized spacial score (nSPS) is 14.9. The largest absolute Gasteiger partial charge is 0.451 e. The summed E-state index contributed by atoms with van der Waals surface area (Å²) in [5.74, 6) is -0.212. The number of ether oxygens (including phenoxy) is 1. The van der Waals surface area contributed by atoms with E-state index in [1.165, 1.54) is 6.20 Å². The van der Waals surface area contributed by atoms with E-state index in [0.717, 1.165) is 16.7 Å². The predicted octanol–water partition coefficient (Wildman–Crippen LogP) is 5.26. The van der Waals surface area contributed by atoms with Crippen LogP contribution in [0.5, 0.6) is 0 Å². The van der Waals surface area contributed by atoms with E-state index in [1.54, 1.807) is 12.1 Å². The van der Waals surface area contributed by atoms with Crippen LogP contribution in [0.1, 0.15) is 70.3 Å². The van der Waals surface area contributed by atoms with E-state index in [-0.39, 0.29) is 41.9 Å². The topological polar surface area (TPSA) is 125 Å². The number of aromatic nitrogens is 2. The highest BCUT2D eigenvalue weighted by atomic mass is 16.6. The molecule has 3 aromatic carbocycles. The molecule has 0 spiro atoms. The average molecular weight is 538 g/mol. The number of nitrogens with zero attached hydrogens (tertiary/aromatic N) is 2. The molecule has 2 unspecified atom stereocenters. The van der Waals surface area contributed by atoms with Crippen molar-refractivity contribution in [1.29, 1.82) is 0 Å². The number of carbonyl (C=O) groups is 2. The van der Waals surface area contributed by atoms with Gasteiger partial charge in [-0.15, -0.1) is 0 Å². The monoisotopic (exact) mass is 537 g/mol. The standard InChI is InChI=1S/C31H31N5O4/c1-19(20-10-6-4-7-11-20)33-28(38)24-17-32-30(36-27(24)35-26(18-37)21-12-8-5-9-13-21)34-22-14-15-23-25(16-22)31(2,3)40-29(23)39/h4-17,19,26,37H,18H2,1-3H3,(H,33,38)(H2,32,34,35,36). The first kappa shape index (κ1) is 26.8. The maximum absolute atomic E-state index is 13.4. The van der Waals surface area contributed by atoms with Gasteiger partial charge in [0.25, 0.3) is 5.91 Å². The predicted molar refractivity (Wildman–Crippen MR) is 152 cm³/mol. The molecule has 0 aliphatic carbocycles. The number of hydrogen-bond acceptors (Lipinski definition) is 8. The summed E-state index contributed by atoms with van der Waals surface area (Å²) < 4.78 is 5.47. The van der Waals surface area contributed by atoms with Gasteiger partial charge in [0, 0.05) is 17.4 Å². The van der Waals surface area contributed by atoms with Gasteiger partial charge >= 0.3 is 5.97 Å². The van der Waals surface area contributed by atoms with Crippen LogP contribution in [0, 0.1) is 0 Å². The third kappa shape index (κ3) is 5.64. The number of anilines is 3. The van der Waals surface area contributed by atoms with Crippen LogP contribution in [0.15, 0.2) is 85.1 Å². The van der Waals surface area contributed by atoms with E-state index in [9.17, 15) is 14.7 Å². The van der Waals surface area contributed by atoms with Gasteiger partial charge in [-0.1, -0.05) is 60.7 Å². The van der Waals surface area contributed by atoms with Crippen LogP contribution >= 0.6 is 0 Å². The molecule has 1 aromatic heterocycles. The summed E-state index contributed by atoms with van der Waals surface area (Å²) in [5.41, 5.74) is 3.23. The minimum Gasteiger partial charge on any atom is -0.451 e. The Morgan fingerprint density at radius 3 is 2.35 bits per heavy atom. The Balaban J connectivity index is 1.45. The Labute approximate surface area is 232 Å². The Hall–Kier alpha value is -4.76. The molecule has 40 heavy (non-hydrogen) atoms. The van der Waals surface area contributed by atoms with E-state index >= 15 is 0 Å². The van der Waals surface area contributed by atoms with Crippen molar-refractivity contribution >= 4 is 29.3 Å². The Morgan fingerprint density at radius 2 is 1.68 bits per heavy atom. The number of carbonyl (C=O) groups excluding carboxylic acids is 2. The SMILES string of the molecule is CC(NC(=O)c1cnc(Nc2ccc3c(c2)C(C)(C)OC3=O)nc1NC(CO)c1ccccc1)c1ccccc1. The maximum atomic E-state index is 13.4. The molecule has 9 nitrogen and oxygen atoms in total.